The van der Waals surface area contributed by atoms with E-state index in [4.69, 9.17) is 11.5 Å². The fraction of sp³-hybridized carbons (Fsp3) is 0.263. The van der Waals surface area contributed by atoms with E-state index in [0.29, 0.717) is 25.1 Å². The van der Waals surface area contributed by atoms with Crippen LogP contribution < -0.4 is 21.7 Å². The van der Waals surface area contributed by atoms with Crippen LogP contribution in [0.2, 0.25) is 0 Å². The normalized spacial score (nSPS) is 14.6. The van der Waals surface area contributed by atoms with E-state index in [-0.39, 0.29) is 12.5 Å². The molecule has 0 aromatic heterocycles. The lowest BCUT2D eigenvalue weighted by atomic mass is 10.1. The smallest absolute Gasteiger partial charge is 0.244 e. The topological polar surface area (TPSA) is 101 Å². The summed E-state index contributed by atoms with van der Waals surface area (Å²) in [6.45, 7) is 0.634. The summed E-state index contributed by atoms with van der Waals surface area (Å²) < 4.78 is 0. The summed E-state index contributed by atoms with van der Waals surface area (Å²) in [7, 11) is 0. The maximum atomic E-state index is 12.1. The molecular formula is C19H22N4O2. The Morgan fingerprint density at radius 1 is 1.08 bits per heavy atom. The third-order valence-electron chi connectivity index (χ3n) is 4.27. The highest BCUT2D eigenvalue weighted by Gasteiger charge is 2.45. The summed E-state index contributed by atoms with van der Waals surface area (Å²) >= 11 is 0. The van der Waals surface area contributed by atoms with E-state index >= 15 is 0 Å². The number of nitrogens with one attached hydrogen (secondary N) is 1. The van der Waals surface area contributed by atoms with Gasteiger partial charge in [0.2, 0.25) is 11.8 Å². The first-order valence-corrected chi connectivity index (χ1v) is 8.24. The van der Waals surface area contributed by atoms with Crippen molar-refractivity contribution < 1.29 is 9.59 Å². The van der Waals surface area contributed by atoms with Crippen LogP contribution in [0.4, 0.5) is 11.4 Å². The molecular weight excluding hydrogens is 316 g/mol. The van der Waals surface area contributed by atoms with E-state index in [0.717, 1.165) is 11.3 Å². The van der Waals surface area contributed by atoms with Crippen LogP contribution in [0.3, 0.4) is 0 Å². The Bertz CT molecular complexity index is 772. The Morgan fingerprint density at radius 3 is 2.44 bits per heavy atom. The van der Waals surface area contributed by atoms with Crippen molar-refractivity contribution in [1.82, 2.24) is 0 Å². The molecule has 1 fully saturated rings. The molecule has 6 nitrogen and oxygen atoms in total. The number of anilines is 2. The van der Waals surface area contributed by atoms with Crippen molar-refractivity contribution >= 4 is 23.2 Å². The summed E-state index contributed by atoms with van der Waals surface area (Å²) in [4.78, 5) is 25.5. The number of hydrogen-bond acceptors (Lipinski definition) is 4. The van der Waals surface area contributed by atoms with Crippen molar-refractivity contribution in [2.45, 2.75) is 24.9 Å². The van der Waals surface area contributed by atoms with E-state index < -0.39 is 11.4 Å². The van der Waals surface area contributed by atoms with Crippen molar-refractivity contribution in [1.29, 1.82) is 0 Å². The number of rotatable bonds is 7. The molecule has 2 aromatic carbocycles. The molecule has 0 radical (unpaired) electrons. The SMILES string of the molecule is NC(=O)CN(Cc1ccccc1)c1cccc(NC(=O)C2(N)CC2)c1. The first-order valence-electron chi connectivity index (χ1n) is 8.24. The molecule has 2 aromatic rings. The van der Waals surface area contributed by atoms with Gasteiger partial charge in [0.15, 0.2) is 0 Å². The molecule has 130 valence electrons. The highest BCUT2D eigenvalue weighted by atomic mass is 16.2. The van der Waals surface area contributed by atoms with E-state index in [2.05, 4.69) is 5.32 Å². The minimum atomic E-state index is -0.729. The minimum Gasteiger partial charge on any atom is -0.368 e. The zero-order valence-corrected chi connectivity index (χ0v) is 13.9. The van der Waals surface area contributed by atoms with Gasteiger partial charge in [-0.3, -0.25) is 9.59 Å². The van der Waals surface area contributed by atoms with Gasteiger partial charge in [0.1, 0.15) is 0 Å². The third-order valence-corrected chi connectivity index (χ3v) is 4.27. The van der Waals surface area contributed by atoms with Crippen LogP contribution in [0.25, 0.3) is 0 Å². The zero-order chi connectivity index (χ0) is 17.9. The van der Waals surface area contributed by atoms with Crippen LogP contribution in [0, 0.1) is 0 Å². The second kappa shape index (κ2) is 6.94. The lowest BCUT2D eigenvalue weighted by Crippen LogP contribution is -2.38. The van der Waals surface area contributed by atoms with Gasteiger partial charge >= 0.3 is 0 Å². The summed E-state index contributed by atoms with van der Waals surface area (Å²) in [5, 5.41) is 2.85. The van der Waals surface area contributed by atoms with Gasteiger partial charge in [-0.15, -0.1) is 0 Å². The van der Waals surface area contributed by atoms with Crippen LogP contribution in [0.15, 0.2) is 54.6 Å². The number of primary amides is 1. The molecule has 0 aliphatic heterocycles. The third kappa shape index (κ3) is 4.36. The van der Waals surface area contributed by atoms with Crippen LogP contribution in [-0.4, -0.2) is 23.9 Å². The molecule has 0 atom stereocenters. The first-order chi connectivity index (χ1) is 12.0. The molecule has 0 saturated heterocycles. The van der Waals surface area contributed by atoms with Crippen LogP contribution in [-0.2, 0) is 16.1 Å². The number of hydrogen-bond donors (Lipinski definition) is 3. The molecule has 3 rings (SSSR count). The largest absolute Gasteiger partial charge is 0.368 e. The number of benzene rings is 2. The minimum absolute atomic E-state index is 0.0904. The highest BCUT2D eigenvalue weighted by Crippen LogP contribution is 2.33. The van der Waals surface area contributed by atoms with Gasteiger partial charge in [-0.1, -0.05) is 36.4 Å². The van der Waals surface area contributed by atoms with Crippen molar-refractivity contribution in [2.75, 3.05) is 16.8 Å². The van der Waals surface area contributed by atoms with Gasteiger partial charge in [-0.25, -0.2) is 0 Å². The van der Waals surface area contributed by atoms with Gasteiger partial charge in [-0.05, 0) is 36.6 Å². The Hall–Kier alpha value is -2.86. The van der Waals surface area contributed by atoms with Gasteiger partial charge in [0, 0.05) is 17.9 Å². The molecule has 1 aliphatic rings. The fourth-order valence-corrected chi connectivity index (χ4v) is 2.63. The quantitative estimate of drug-likeness (QED) is 0.714. The maximum Gasteiger partial charge on any atom is 0.244 e. The fourth-order valence-electron chi connectivity index (χ4n) is 2.63. The molecule has 2 amide bonds. The molecule has 5 N–H and O–H groups in total. The van der Waals surface area contributed by atoms with Gasteiger partial charge in [-0.2, -0.15) is 0 Å². The van der Waals surface area contributed by atoms with Crippen LogP contribution in [0.1, 0.15) is 18.4 Å². The van der Waals surface area contributed by atoms with E-state index in [1.54, 1.807) is 6.07 Å². The number of amides is 2. The summed E-state index contributed by atoms with van der Waals surface area (Å²) in [5.41, 5.74) is 13.1. The predicted molar refractivity (Wildman–Crippen MR) is 97.9 cm³/mol. The van der Waals surface area contributed by atoms with Gasteiger partial charge in [0.25, 0.3) is 0 Å². The van der Waals surface area contributed by atoms with Crippen LogP contribution in [0.5, 0.6) is 0 Å². The lowest BCUT2D eigenvalue weighted by Gasteiger charge is -2.24. The molecule has 0 spiro atoms. The molecule has 0 unspecified atom stereocenters. The summed E-state index contributed by atoms with van der Waals surface area (Å²) in [6, 6.07) is 17.2. The first kappa shape index (κ1) is 17.0. The second-order valence-corrected chi connectivity index (χ2v) is 6.47. The lowest BCUT2D eigenvalue weighted by molar-refractivity contribution is -0.118. The standard InChI is InChI=1S/C19H22N4O2/c20-17(24)13-23(12-14-5-2-1-3-6-14)16-8-4-7-15(11-16)22-18(25)19(21)9-10-19/h1-8,11H,9-10,12-13,21H2,(H2,20,24)(H,22,25). The van der Waals surface area contributed by atoms with Crippen LogP contribution >= 0.6 is 0 Å². The van der Waals surface area contributed by atoms with E-state index in [1.165, 1.54) is 0 Å². The summed E-state index contributed by atoms with van der Waals surface area (Å²) in [5.74, 6) is -0.585. The Balaban J connectivity index is 1.79. The molecule has 0 bridgehead atoms. The predicted octanol–water partition coefficient (Wildman–Crippen LogP) is 1.61. The second-order valence-electron chi connectivity index (χ2n) is 6.47. The number of carbonyl (C=O) groups is 2. The molecule has 1 saturated carbocycles. The van der Waals surface area contributed by atoms with Crippen molar-refractivity contribution in [3.05, 3.63) is 60.2 Å². The Kier molecular flexibility index (Phi) is 4.72. The van der Waals surface area contributed by atoms with Gasteiger partial charge < -0.3 is 21.7 Å². The average molecular weight is 338 g/mol. The number of nitrogens with two attached hydrogens (primary N) is 2. The van der Waals surface area contributed by atoms with Crippen molar-refractivity contribution in [3.8, 4) is 0 Å². The van der Waals surface area contributed by atoms with Gasteiger partial charge in [0.05, 0.1) is 12.1 Å². The molecule has 25 heavy (non-hydrogen) atoms. The number of carbonyl (C=O) groups excluding carboxylic acids is 2. The molecule has 1 aliphatic carbocycles. The monoisotopic (exact) mass is 338 g/mol. The zero-order valence-electron chi connectivity index (χ0n) is 13.9. The van der Waals surface area contributed by atoms with Crippen molar-refractivity contribution in [3.63, 3.8) is 0 Å². The summed E-state index contributed by atoms with van der Waals surface area (Å²) in [6.07, 6.45) is 1.42. The Morgan fingerprint density at radius 2 is 1.80 bits per heavy atom. The Labute approximate surface area is 146 Å². The van der Waals surface area contributed by atoms with E-state index in [1.807, 2.05) is 53.4 Å². The van der Waals surface area contributed by atoms with Crippen molar-refractivity contribution in [2.24, 2.45) is 11.5 Å². The average Bonchev–Trinajstić information content (AvgIpc) is 3.34. The molecule has 6 heteroatoms. The number of nitrogens with zero attached hydrogens (tertiary/aromatic N) is 1. The maximum absolute atomic E-state index is 12.1. The highest BCUT2D eigenvalue weighted by molar-refractivity contribution is 6.00. The van der Waals surface area contributed by atoms with E-state index in [9.17, 15) is 9.59 Å². The molecule has 0 heterocycles.